The third kappa shape index (κ3) is 3.12. The Kier molecular flexibility index (Phi) is 4.28. The Morgan fingerprint density at radius 3 is 2.81 bits per heavy atom. The fourth-order valence-corrected chi connectivity index (χ4v) is 4.26. The number of benzene rings is 1. The van der Waals surface area contributed by atoms with E-state index in [0.29, 0.717) is 26.2 Å². The zero-order valence-corrected chi connectivity index (χ0v) is 12.9. The molecule has 2 heterocycles. The van der Waals surface area contributed by atoms with Crippen LogP contribution < -0.4 is 5.32 Å². The van der Waals surface area contributed by atoms with E-state index in [4.69, 9.17) is 4.74 Å². The molecule has 2 fully saturated rings. The van der Waals surface area contributed by atoms with Gasteiger partial charge in [0.15, 0.2) is 0 Å². The van der Waals surface area contributed by atoms with Crippen molar-refractivity contribution in [1.82, 2.24) is 13.9 Å². The van der Waals surface area contributed by atoms with Crippen LogP contribution in [0.2, 0.25) is 0 Å². The van der Waals surface area contributed by atoms with Gasteiger partial charge in [0, 0.05) is 39.3 Å². The molecule has 0 spiro atoms. The summed E-state index contributed by atoms with van der Waals surface area (Å²) in [6.07, 6.45) is -0.0290. The first-order valence-electron chi connectivity index (χ1n) is 7.18. The molecule has 0 bridgehead atoms. The number of nitrogens with zero attached hydrogens (tertiary/aromatic N) is 2. The van der Waals surface area contributed by atoms with Crippen molar-refractivity contribution >= 4 is 10.2 Å². The van der Waals surface area contributed by atoms with Crippen LogP contribution in [-0.2, 0) is 21.5 Å². The Morgan fingerprint density at radius 1 is 1.33 bits per heavy atom. The fraction of sp³-hybridized carbons (Fsp3) is 0.571. The van der Waals surface area contributed by atoms with Crippen molar-refractivity contribution in [3.63, 3.8) is 0 Å². The zero-order valence-electron chi connectivity index (χ0n) is 12.1. The summed E-state index contributed by atoms with van der Waals surface area (Å²) < 4.78 is 33.9. The van der Waals surface area contributed by atoms with Crippen LogP contribution in [0.4, 0.5) is 0 Å². The van der Waals surface area contributed by atoms with Crippen LogP contribution in [0, 0.1) is 0 Å². The van der Waals surface area contributed by atoms with Gasteiger partial charge in [-0.3, -0.25) is 0 Å². The molecule has 7 heteroatoms. The normalized spacial score (nSPS) is 27.0. The van der Waals surface area contributed by atoms with E-state index in [9.17, 15) is 8.42 Å². The molecule has 2 saturated heterocycles. The summed E-state index contributed by atoms with van der Waals surface area (Å²) in [5.41, 5.74) is 0.981. The second-order valence-electron chi connectivity index (χ2n) is 5.54. The highest BCUT2D eigenvalue weighted by Gasteiger charge is 2.41. The minimum atomic E-state index is -3.45. The first-order chi connectivity index (χ1) is 10.1. The molecule has 0 radical (unpaired) electrons. The van der Waals surface area contributed by atoms with Gasteiger partial charge in [0.1, 0.15) is 0 Å². The van der Waals surface area contributed by atoms with Crippen molar-refractivity contribution in [2.75, 3.05) is 33.3 Å². The molecule has 0 amide bonds. The molecule has 0 saturated carbocycles. The fourth-order valence-electron chi connectivity index (χ4n) is 2.87. The topological polar surface area (TPSA) is 61.9 Å². The quantitative estimate of drug-likeness (QED) is 0.853. The highest BCUT2D eigenvalue weighted by molar-refractivity contribution is 7.86. The lowest BCUT2D eigenvalue weighted by atomic mass is 10.2. The number of ether oxygens (including phenoxy) is 1. The number of nitrogens with one attached hydrogen (secondary N) is 1. The molecule has 116 valence electrons. The Bertz CT molecular complexity index is 564. The van der Waals surface area contributed by atoms with E-state index >= 15 is 0 Å². The van der Waals surface area contributed by atoms with Gasteiger partial charge in [-0.15, -0.1) is 0 Å². The molecule has 2 aliphatic heterocycles. The molecular formula is C14H21N3O3S. The van der Waals surface area contributed by atoms with Crippen LogP contribution in [0.25, 0.3) is 0 Å². The summed E-state index contributed by atoms with van der Waals surface area (Å²) in [6, 6.07) is 9.72. The summed E-state index contributed by atoms with van der Waals surface area (Å²) in [7, 11) is -1.82. The minimum Gasteiger partial charge on any atom is -0.374 e. The summed E-state index contributed by atoms with van der Waals surface area (Å²) in [5, 5.41) is 3.32. The second-order valence-corrected chi connectivity index (χ2v) is 7.57. The van der Waals surface area contributed by atoms with Gasteiger partial charge in [-0.2, -0.15) is 17.0 Å². The molecule has 6 nitrogen and oxygen atoms in total. The first-order valence-corrected chi connectivity index (χ1v) is 8.57. The third-order valence-corrected chi connectivity index (χ3v) is 5.91. The highest BCUT2D eigenvalue weighted by Crippen LogP contribution is 2.21. The Labute approximate surface area is 125 Å². The highest BCUT2D eigenvalue weighted by atomic mass is 32.2. The number of hydrogen-bond acceptors (Lipinski definition) is 4. The van der Waals surface area contributed by atoms with Gasteiger partial charge >= 0.3 is 0 Å². The van der Waals surface area contributed by atoms with Gasteiger partial charge in [0.2, 0.25) is 0 Å². The summed E-state index contributed by atoms with van der Waals surface area (Å²) in [6.45, 7) is 2.72. The predicted octanol–water partition coefficient (Wildman–Crippen LogP) is 0.0358. The van der Waals surface area contributed by atoms with E-state index < -0.39 is 10.2 Å². The van der Waals surface area contributed by atoms with Gasteiger partial charge < -0.3 is 10.1 Å². The lowest BCUT2D eigenvalue weighted by Gasteiger charge is -2.25. The molecule has 0 aromatic heterocycles. The van der Waals surface area contributed by atoms with E-state index in [-0.39, 0.29) is 12.1 Å². The van der Waals surface area contributed by atoms with Crippen molar-refractivity contribution < 1.29 is 13.2 Å². The molecule has 1 N–H and O–H groups in total. The van der Waals surface area contributed by atoms with Gasteiger partial charge in [-0.25, -0.2) is 0 Å². The van der Waals surface area contributed by atoms with E-state index in [1.807, 2.05) is 30.3 Å². The maximum atomic E-state index is 12.6. The van der Waals surface area contributed by atoms with Gasteiger partial charge in [-0.05, 0) is 5.56 Å². The maximum absolute atomic E-state index is 12.6. The summed E-state index contributed by atoms with van der Waals surface area (Å²) in [4.78, 5) is 0. The Balaban J connectivity index is 1.69. The number of fused-ring (bicyclic) bond motifs is 1. The molecule has 3 rings (SSSR count). The van der Waals surface area contributed by atoms with Crippen LogP contribution in [0.15, 0.2) is 30.3 Å². The van der Waals surface area contributed by atoms with E-state index in [0.717, 1.165) is 12.1 Å². The van der Waals surface area contributed by atoms with Crippen LogP contribution >= 0.6 is 0 Å². The van der Waals surface area contributed by atoms with Gasteiger partial charge in [-0.1, -0.05) is 30.3 Å². The molecule has 1 aromatic carbocycles. The van der Waals surface area contributed by atoms with Crippen molar-refractivity contribution in [1.29, 1.82) is 0 Å². The van der Waals surface area contributed by atoms with Crippen LogP contribution in [-0.4, -0.2) is 62.5 Å². The smallest absolute Gasteiger partial charge is 0.282 e. The SMILES string of the molecule is CN(Cc1ccccc1)S(=O)(=O)N1C[C@@H]2NCCO[C@H]2C1. The molecule has 2 aliphatic rings. The standard InChI is InChI=1S/C14H21N3O3S/c1-16(9-12-5-3-2-4-6-12)21(18,19)17-10-13-14(11-17)20-8-7-15-13/h2-6,13-15H,7-11H2,1H3/t13-,14-/m0/s1. The molecule has 0 aliphatic carbocycles. The van der Waals surface area contributed by atoms with Crippen LogP contribution in [0.3, 0.4) is 0 Å². The van der Waals surface area contributed by atoms with Gasteiger partial charge in [0.05, 0.1) is 12.7 Å². The number of morpholine rings is 1. The van der Waals surface area contributed by atoms with Crippen molar-refractivity contribution in [3.05, 3.63) is 35.9 Å². The molecule has 0 unspecified atom stereocenters. The van der Waals surface area contributed by atoms with Crippen molar-refractivity contribution in [2.24, 2.45) is 0 Å². The molecule has 1 aromatic rings. The van der Waals surface area contributed by atoms with Crippen molar-refractivity contribution in [2.45, 2.75) is 18.7 Å². The summed E-state index contributed by atoms with van der Waals surface area (Å²) in [5.74, 6) is 0. The third-order valence-electron chi connectivity index (χ3n) is 4.04. The monoisotopic (exact) mass is 311 g/mol. The molecular weight excluding hydrogens is 290 g/mol. The maximum Gasteiger partial charge on any atom is 0.282 e. The second kappa shape index (κ2) is 6.02. The average molecular weight is 311 g/mol. The number of hydrogen-bond donors (Lipinski definition) is 1. The Morgan fingerprint density at radius 2 is 2.10 bits per heavy atom. The summed E-state index contributed by atoms with van der Waals surface area (Å²) >= 11 is 0. The zero-order chi connectivity index (χ0) is 14.9. The lowest BCUT2D eigenvalue weighted by Crippen LogP contribution is -2.47. The van der Waals surface area contributed by atoms with E-state index in [2.05, 4.69) is 5.32 Å². The van der Waals surface area contributed by atoms with Crippen molar-refractivity contribution in [3.8, 4) is 0 Å². The van der Waals surface area contributed by atoms with Crippen LogP contribution in [0.1, 0.15) is 5.56 Å². The molecule has 21 heavy (non-hydrogen) atoms. The minimum absolute atomic E-state index is 0.0290. The average Bonchev–Trinajstić information content (AvgIpc) is 2.93. The first kappa shape index (κ1) is 14.9. The lowest BCUT2D eigenvalue weighted by molar-refractivity contribution is 0.0193. The predicted molar refractivity (Wildman–Crippen MR) is 79.9 cm³/mol. The largest absolute Gasteiger partial charge is 0.374 e. The molecule has 2 atom stereocenters. The Hall–Kier alpha value is -0.990. The van der Waals surface area contributed by atoms with E-state index in [1.165, 1.54) is 8.61 Å². The van der Waals surface area contributed by atoms with Gasteiger partial charge in [0.25, 0.3) is 10.2 Å². The van der Waals surface area contributed by atoms with Crippen LogP contribution in [0.5, 0.6) is 0 Å². The van der Waals surface area contributed by atoms with E-state index in [1.54, 1.807) is 7.05 Å². The number of rotatable bonds is 4.